The van der Waals surface area contributed by atoms with E-state index in [1.54, 1.807) is 7.11 Å². The standard InChI is InChI=1S/C14H22FN3O3S.HI/c1-3-16-14(17-8-10-21-2)18-9-11-22(19,20)13-7-5-4-6-12(13)15;/h4-7H,3,8-11H2,1-2H3,(H2,16,17,18);1H. The third-order valence-corrected chi connectivity index (χ3v) is 4.49. The Morgan fingerprint density at radius 1 is 1.30 bits per heavy atom. The van der Waals surface area contributed by atoms with Gasteiger partial charge in [0.05, 0.1) is 18.9 Å². The molecule has 6 nitrogen and oxygen atoms in total. The van der Waals surface area contributed by atoms with Gasteiger partial charge in [0, 0.05) is 20.2 Å². The van der Waals surface area contributed by atoms with Gasteiger partial charge in [0.1, 0.15) is 10.7 Å². The highest BCUT2D eigenvalue weighted by Gasteiger charge is 2.18. The number of halogens is 2. The molecule has 9 heteroatoms. The van der Waals surface area contributed by atoms with Crippen molar-refractivity contribution in [3.8, 4) is 0 Å². The van der Waals surface area contributed by atoms with Crippen LogP contribution < -0.4 is 10.6 Å². The summed E-state index contributed by atoms with van der Waals surface area (Å²) in [6.07, 6.45) is 0. The molecule has 0 aromatic heterocycles. The minimum absolute atomic E-state index is 0. The lowest BCUT2D eigenvalue weighted by atomic mass is 10.3. The van der Waals surface area contributed by atoms with E-state index in [4.69, 9.17) is 4.74 Å². The minimum Gasteiger partial charge on any atom is -0.383 e. The zero-order chi connectivity index (χ0) is 16.4. The first-order chi connectivity index (χ1) is 10.5. The summed E-state index contributed by atoms with van der Waals surface area (Å²) < 4.78 is 42.6. The monoisotopic (exact) mass is 459 g/mol. The van der Waals surface area contributed by atoms with E-state index in [1.807, 2.05) is 6.92 Å². The lowest BCUT2D eigenvalue weighted by Crippen LogP contribution is -2.39. The van der Waals surface area contributed by atoms with Crippen LogP contribution in [0.1, 0.15) is 6.92 Å². The van der Waals surface area contributed by atoms with Crippen molar-refractivity contribution in [2.24, 2.45) is 4.99 Å². The highest BCUT2D eigenvalue weighted by molar-refractivity contribution is 14.0. The van der Waals surface area contributed by atoms with E-state index in [0.717, 1.165) is 6.07 Å². The fraction of sp³-hybridized carbons (Fsp3) is 0.500. The largest absolute Gasteiger partial charge is 0.383 e. The summed E-state index contributed by atoms with van der Waals surface area (Å²) >= 11 is 0. The van der Waals surface area contributed by atoms with E-state index in [2.05, 4.69) is 15.6 Å². The first kappa shape index (κ1) is 22.1. The van der Waals surface area contributed by atoms with Crippen LogP contribution in [-0.4, -0.2) is 53.5 Å². The van der Waals surface area contributed by atoms with Crippen molar-refractivity contribution >= 4 is 39.8 Å². The van der Waals surface area contributed by atoms with E-state index < -0.39 is 15.7 Å². The SMILES string of the molecule is CCNC(=NCCOC)NCCS(=O)(=O)c1ccccc1F.I. The van der Waals surface area contributed by atoms with Crippen molar-refractivity contribution in [3.63, 3.8) is 0 Å². The summed E-state index contributed by atoms with van der Waals surface area (Å²) in [6, 6.07) is 5.36. The molecule has 0 saturated heterocycles. The van der Waals surface area contributed by atoms with E-state index in [0.29, 0.717) is 25.7 Å². The van der Waals surface area contributed by atoms with Crippen LogP contribution in [0, 0.1) is 5.82 Å². The molecule has 1 rings (SSSR count). The van der Waals surface area contributed by atoms with Gasteiger partial charge in [-0.25, -0.2) is 12.8 Å². The number of methoxy groups -OCH3 is 1. The van der Waals surface area contributed by atoms with Gasteiger partial charge in [-0.2, -0.15) is 0 Å². The Morgan fingerprint density at radius 3 is 2.61 bits per heavy atom. The third-order valence-electron chi connectivity index (χ3n) is 2.74. The van der Waals surface area contributed by atoms with Crippen molar-refractivity contribution in [1.82, 2.24) is 10.6 Å². The Balaban J connectivity index is 0.00000484. The molecule has 0 unspecified atom stereocenters. The summed E-state index contributed by atoms with van der Waals surface area (Å²) in [5.74, 6) is -0.450. The maximum Gasteiger partial charge on any atom is 0.191 e. The number of nitrogens with zero attached hydrogens (tertiary/aromatic N) is 1. The van der Waals surface area contributed by atoms with Crippen LogP contribution in [0.25, 0.3) is 0 Å². The maximum atomic E-state index is 13.5. The predicted molar refractivity (Wildman–Crippen MR) is 99.7 cm³/mol. The second-order valence-electron chi connectivity index (χ2n) is 4.43. The lowest BCUT2D eigenvalue weighted by molar-refractivity contribution is 0.208. The Kier molecular flexibility index (Phi) is 11.1. The molecule has 0 fully saturated rings. The summed E-state index contributed by atoms with van der Waals surface area (Å²) in [7, 11) is -2.09. The number of benzene rings is 1. The molecule has 132 valence electrons. The van der Waals surface area contributed by atoms with E-state index in [1.165, 1.54) is 18.2 Å². The Bertz CT molecular complexity index is 597. The Labute approximate surface area is 153 Å². The van der Waals surface area contributed by atoms with Gasteiger partial charge in [-0.15, -0.1) is 24.0 Å². The molecule has 1 aromatic rings. The van der Waals surface area contributed by atoms with Gasteiger partial charge in [0.25, 0.3) is 0 Å². The molecule has 0 spiro atoms. The number of ether oxygens (including phenoxy) is 1. The van der Waals surface area contributed by atoms with Crippen molar-refractivity contribution in [2.45, 2.75) is 11.8 Å². The van der Waals surface area contributed by atoms with Gasteiger partial charge >= 0.3 is 0 Å². The van der Waals surface area contributed by atoms with Crippen LogP contribution in [0.4, 0.5) is 4.39 Å². The number of hydrogen-bond acceptors (Lipinski definition) is 4. The average Bonchev–Trinajstić information content (AvgIpc) is 2.47. The number of guanidine groups is 1. The summed E-state index contributed by atoms with van der Waals surface area (Å²) in [4.78, 5) is 3.93. The first-order valence-electron chi connectivity index (χ1n) is 6.99. The number of aliphatic imine (C=N–C) groups is 1. The van der Waals surface area contributed by atoms with Gasteiger partial charge in [-0.1, -0.05) is 12.1 Å². The van der Waals surface area contributed by atoms with Gasteiger partial charge in [0.2, 0.25) is 0 Å². The van der Waals surface area contributed by atoms with Crippen molar-refractivity contribution in [3.05, 3.63) is 30.1 Å². The Morgan fingerprint density at radius 2 is 2.00 bits per heavy atom. The van der Waals surface area contributed by atoms with Crippen LogP contribution in [0.5, 0.6) is 0 Å². The van der Waals surface area contributed by atoms with E-state index >= 15 is 0 Å². The normalized spacial score (nSPS) is 11.7. The van der Waals surface area contributed by atoms with Crippen LogP contribution in [0.2, 0.25) is 0 Å². The molecule has 0 aliphatic heterocycles. The third kappa shape index (κ3) is 7.93. The number of sulfone groups is 1. The zero-order valence-electron chi connectivity index (χ0n) is 13.2. The van der Waals surface area contributed by atoms with Crippen LogP contribution in [-0.2, 0) is 14.6 Å². The van der Waals surface area contributed by atoms with Crippen molar-refractivity contribution < 1.29 is 17.5 Å². The molecule has 0 bridgehead atoms. The smallest absolute Gasteiger partial charge is 0.191 e. The quantitative estimate of drug-likeness (QED) is 0.266. The fourth-order valence-corrected chi connectivity index (χ4v) is 2.94. The molecule has 0 heterocycles. The number of nitrogens with one attached hydrogen (secondary N) is 2. The van der Waals surface area contributed by atoms with Crippen molar-refractivity contribution in [2.75, 3.05) is 39.1 Å². The predicted octanol–water partition coefficient (Wildman–Crippen LogP) is 1.42. The Hall–Kier alpha value is -0.940. The van der Waals surface area contributed by atoms with Gasteiger partial charge < -0.3 is 15.4 Å². The van der Waals surface area contributed by atoms with Crippen LogP contribution in [0.3, 0.4) is 0 Å². The van der Waals surface area contributed by atoms with E-state index in [-0.39, 0.29) is 41.2 Å². The molecule has 23 heavy (non-hydrogen) atoms. The molecule has 0 aliphatic carbocycles. The van der Waals surface area contributed by atoms with E-state index in [9.17, 15) is 12.8 Å². The topological polar surface area (TPSA) is 79.8 Å². The minimum atomic E-state index is -3.67. The van der Waals surface area contributed by atoms with Crippen LogP contribution in [0.15, 0.2) is 34.2 Å². The molecule has 0 aliphatic rings. The lowest BCUT2D eigenvalue weighted by Gasteiger charge is -2.11. The summed E-state index contributed by atoms with van der Waals surface area (Å²) in [6.45, 7) is 3.63. The molecule has 2 N–H and O–H groups in total. The second-order valence-corrected chi connectivity index (χ2v) is 6.51. The fourth-order valence-electron chi connectivity index (χ4n) is 1.70. The molecule has 0 amide bonds. The molecular weight excluding hydrogens is 436 g/mol. The molecule has 1 aromatic carbocycles. The van der Waals surface area contributed by atoms with Crippen LogP contribution >= 0.6 is 24.0 Å². The molecule has 0 radical (unpaired) electrons. The molecule has 0 atom stereocenters. The van der Waals surface area contributed by atoms with Gasteiger partial charge in [0.15, 0.2) is 15.8 Å². The maximum absolute atomic E-state index is 13.5. The first-order valence-corrected chi connectivity index (χ1v) is 8.65. The van der Waals surface area contributed by atoms with Gasteiger partial charge in [-0.05, 0) is 19.1 Å². The molecule has 0 saturated carbocycles. The highest BCUT2D eigenvalue weighted by atomic mass is 127. The number of hydrogen-bond donors (Lipinski definition) is 2. The summed E-state index contributed by atoms with van der Waals surface area (Å²) in [5, 5.41) is 5.90. The molecular formula is C14H23FIN3O3S. The van der Waals surface area contributed by atoms with Gasteiger partial charge in [-0.3, -0.25) is 4.99 Å². The highest BCUT2D eigenvalue weighted by Crippen LogP contribution is 2.14. The average molecular weight is 459 g/mol. The zero-order valence-corrected chi connectivity index (χ0v) is 16.4. The van der Waals surface area contributed by atoms with Crippen molar-refractivity contribution in [1.29, 1.82) is 0 Å². The number of rotatable bonds is 8. The summed E-state index contributed by atoms with van der Waals surface area (Å²) in [5.41, 5.74) is 0. The second kappa shape index (κ2) is 11.6.